The molecule has 0 radical (unpaired) electrons. The summed E-state index contributed by atoms with van der Waals surface area (Å²) in [6, 6.07) is 12.3. The van der Waals surface area contributed by atoms with Gasteiger partial charge in [0, 0.05) is 32.5 Å². The van der Waals surface area contributed by atoms with Gasteiger partial charge in [0.05, 0.1) is 6.26 Å². The Balaban J connectivity index is 2.13. The SMILES string of the molecule is COCCCN(Cc1ccc(OS(C)(=O)=O)cc1)C(=O)Nc1c(C)cccc1C. The highest BCUT2D eigenvalue weighted by molar-refractivity contribution is 7.86. The lowest BCUT2D eigenvalue weighted by Gasteiger charge is -2.24. The first-order valence-electron chi connectivity index (χ1n) is 9.29. The summed E-state index contributed by atoms with van der Waals surface area (Å²) >= 11 is 0. The fraction of sp³-hybridized carbons (Fsp3) is 0.381. The van der Waals surface area contributed by atoms with Crippen molar-refractivity contribution in [2.75, 3.05) is 31.8 Å². The first kappa shape index (κ1) is 22.7. The summed E-state index contributed by atoms with van der Waals surface area (Å²) in [7, 11) is -1.95. The standard InChI is InChI=1S/C21H28N2O5S/c1-16-7-5-8-17(2)20(16)22-21(24)23(13-6-14-27-3)15-18-9-11-19(12-10-18)28-29(4,25)26/h5,7-12H,6,13-15H2,1-4H3,(H,22,24). The molecule has 0 heterocycles. The Hall–Kier alpha value is -2.58. The van der Waals surface area contributed by atoms with Crippen molar-refractivity contribution in [3.63, 3.8) is 0 Å². The van der Waals surface area contributed by atoms with Crippen LogP contribution in [-0.4, -0.2) is 45.9 Å². The molecule has 2 aromatic carbocycles. The lowest BCUT2D eigenvalue weighted by molar-refractivity contribution is 0.171. The van der Waals surface area contributed by atoms with Crippen LogP contribution in [0.15, 0.2) is 42.5 Å². The molecule has 1 N–H and O–H groups in total. The Morgan fingerprint density at radius 2 is 1.69 bits per heavy atom. The molecule has 0 aliphatic heterocycles. The Bertz CT molecular complexity index is 906. The molecule has 0 bridgehead atoms. The van der Waals surface area contributed by atoms with Crippen molar-refractivity contribution in [1.29, 1.82) is 0 Å². The van der Waals surface area contributed by atoms with E-state index in [9.17, 15) is 13.2 Å². The van der Waals surface area contributed by atoms with Crippen molar-refractivity contribution in [1.82, 2.24) is 4.90 Å². The van der Waals surface area contributed by atoms with Crippen LogP contribution in [0, 0.1) is 13.8 Å². The van der Waals surface area contributed by atoms with E-state index in [2.05, 4.69) is 5.32 Å². The van der Waals surface area contributed by atoms with E-state index < -0.39 is 10.1 Å². The Kier molecular flexibility index (Phi) is 8.04. The van der Waals surface area contributed by atoms with E-state index in [1.165, 1.54) is 0 Å². The van der Waals surface area contributed by atoms with Crippen LogP contribution in [0.1, 0.15) is 23.1 Å². The molecule has 7 nitrogen and oxygen atoms in total. The third-order valence-corrected chi connectivity index (χ3v) is 4.82. The number of hydrogen-bond donors (Lipinski definition) is 1. The second-order valence-electron chi connectivity index (χ2n) is 6.90. The van der Waals surface area contributed by atoms with Crippen LogP contribution in [0.4, 0.5) is 10.5 Å². The molecular formula is C21H28N2O5S. The molecule has 8 heteroatoms. The maximum atomic E-state index is 12.9. The summed E-state index contributed by atoms with van der Waals surface area (Å²) in [6.45, 7) is 5.36. The minimum Gasteiger partial charge on any atom is -0.385 e. The number of nitrogens with one attached hydrogen (secondary N) is 1. The molecule has 0 unspecified atom stereocenters. The molecule has 29 heavy (non-hydrogen) atoms. The monoisotopic (exact) mass is 420 g/mol. The number of carbonyl (C=O) groups excluding carboxylic acids is 1. The number of ether oxygens (including phenoxy) is 1. The first-order valence-corrected chi connectivity index (χ1v) is 11.1. The predicted molar refractivity (Wildman–Crippen MR) is 114 cm³/mol. The van der Waals surface area contributed by atoms with Gasteiger partial charge in [0.15, 0.2) is 0 Å². The number of rotatable bonds is 9. The maximum absolute atomic E-state index is 12.9. The number of anilines is 1. The highest BCUT2D eigenvalue weighted by Crippen LogP contribution is 2.21. The highest BCUT2D eigenvalue weighted by Gasteiger charge is 2.16. The van der Waals surface area contributed by atoms with Crippen LogP contribution in [0.3, 0.4) is 0 Å². The molecule has 0 atom stereocenters. The number of para-hydroxylation sites is 1. The smallest absolute Gasteiger partial charge is 0.322 e. The van der Waals surface area contributed by atoms with Gasteiger partial charge in [-0.25, -0.2) is 4.79 Å². The van der Waals surface area contributed by atoms with Gasteiger partial charge in [0.2, 0.25) is 0 Å². The Morgan fingerprint density at radius 1 is 1.07 bits per heavy atom. The van der Waals surface area contributed by atoms with E-state index in [0.29, 0.717) is 26.1 Å². The summed E-state index contributed by atoms with van der Waals surface area (Å²) in [4.78, 5) is 14.6. The number of amides is 2. The zero-order valence-electron chi connectivity index (χ0n) is 17.3. The van der Waals surface area contributed by atoms with Gasteiger partial charge >= 0.3 is 16.1 Å². The molecule has 2 rings (SSSR count). The second kappa shape index (κ2) is 10.3. The fourth-order valence-electron chi connectivity index (χ4n) is 2.90. The lowest BCUT2D eigenvalue weighted by atomic mass is 10.1. The number of urea groups is 1. The van der Waals surface area contributed by atoms with Gasteiger partial charge in [-0.3, -0.25) is 0 Å². The van der Waals surface area contributed by atoms with Crippen molar-refractivity contribution in [2.45, 2.75) is 26.8 Å². The van der Waals surface area contributed by atoms with Gasteiger partial charge in [-0.1, -0.05) is 30.3 Å². The number of methoxy groups -OCH3 is 1. The van der Waals surface area contributed by atoms with Crippen LogP contribution in [0.5, 0.6) is 5.75 Å². The average Bonchev–Trinajstić information content (AvgIpc) is 2.64. The highest BCUT2D eigenvalue weighted by atomic mass is 32.2. The predicted octanol–water partition coefficient (Wildman–Crippen LogP) is 3.71. The molecule has 2 aromatic rings. The molecule has 0 spiro atoms. The van der Waals surface area contributed by atoms with E-state index >= 15 is 0 Å². The number of benzene rings is 2. The summed E-state index contributed by atoms with van der Waals surface area (Å²) in [5, 5.41) is 3.01. The van der Waals surface area contributed by atoms with Crippen LogP contribution in [0.2, 0.25) is 0 Å². The topological polar surface area (TPSA) is 84.9 Å². The number of carbonyl (C=O) groups is 1. The van der Waals surface area contributed by atoms with Crippen LogP contribution in [-0.2, 0) is 21.4 Å². The molecule has 0 saturated carbocycles. The summed E-state index contributed by atoms with van der Waals surface area (Å²) in [5.74, 6) is 0.238. The van der Waals surface area contributed by atoms with Gasteiger partial charge in [-0.15, -0.1) is 0 Å². The zero-order valence-corrected chi connectivity index (χ0v) is 18.1. The van der Waals surface area contributed by atoms with E-state index in [4.69, 9.17) is 8.92 Å². The molecule has 0 aromatic heterocycles. The number of hydrogen-bond acceptors (Lipinski definition) is 5. The van der Waals surface area contributed by atoms with Crippen LogP contribution in [0.25, 0.3) is 0 Å². The van der Waals surface area contributed by atoms with Gasteiger partial charge in [0.1, 0.15) is 5.75 Å². The summed E-state index contributed by atoms with van der Waals surface area (Å²) < 4.78 is 32.4. The van der Waals surface area contributed by atoms with Crippen molar-refractivity contribution >= 4 is 21.8 Å². The minimum atomic E-state index is -3.57. The van der Waals surface area contributed by atoms with Crippen molar-refractivity contribution in [3.05, 3.63) is 59.2 Å². The quantitative estimate of drug-likeness (QED) is 0.494. The van der Waals surface area contributed by atoms with E-state index in [-0.39, 0.29) is 11.8 Å². The molecule has 0 saturated heterocycles. The van der Waals surface area contributed by atoms with Gasteiger partial charge < -0.3 is 19.1 Å². The number of nitrogens with zero attached hydrogens (tertiary/aromatic N) is 1. The van der Waals surface area contributed by atoms with E-state index in [1.54, 1.807) is 36.3 Å². The van der Waals surface area contributed by atoms with E-state index in [0.717, 1.165) is 28.6 Å². The zero-order chi connectivity index (χ0) is 21.4. The third-order valence-electron chi connectivity index (χ3n) is 4.32. The molecule has 2 amide bonds. The maximum Gasteiger partial charge on any atom is 0.322 e. The summed E-state index contributed by atoms with van der Waals surface area (Å²) in [5.41, 5.74) is 3.67. The van der Waals surface area contributed by atoms with Crippen molar-refractivity contribution < 1.29 is 22.1 Å². The largest absolute Gasteiger partial charge is 0.385 e. The molecule has 0 aliphatic rings. The Labute approximate surface area is 172 Å². The van der Waals surface area contributed by atoms with Crippen LogP contribution < -0.4 is 9.50 Å². The fourth-order valence-corrected chi connectivity index (χ4v) is 3.36. The van der Waals surface area contributed by atoms with Gasteiger partial charge in [-0.2, -0.15) is 8.42 Å². The number of aryl methyl sites for hydroxylation is 2. The van der Waals surface area contributed by atoms with Crippen molar-refractivity contribution in [2.24, 2.45) is 0 Å². The molecule has 0 fully saturated rings. The Morgan fingerprint density at radius 3 is 2.24 bits per heavy atom. The first-order chi connectivity index (χ1) is 13.7. The van der Waals surface area contributed by atoms with Crippen LogP contribution >= 0.6 is 0 Å². The third kappa shape index (κ3) is 7.40. The average molecular weight is 421 g/mol. The molecule has 158 valence electrons. The molecular weight excluding hydrogens is 392 g/mol. The summed E-state index contributed by atoms with van der Waals surface area (Å²) in [6.07, 6.45) is 1.70. The van der Waals surface area contributed by atoms with Gasteiger partial charge in [0.25, 0.3) is 0 Å². The van der Waals surface area contributed by atoms with E-state index in [1.807, 2.05) is 32.0 Å². The lowest BCUT2D eigenvalue weighted by Crippen LogP contribution is -2.36. The molecule has 0 aliphatic carbocycles. The minimum absolute atomic E-state index is 0.199. The van der Waals surface area contributed by atoms with Crippen molar-refractivity contribution in [3.8, 4) is 5.75 Å². The normalized spacial score (nSPS) is 11.2. The second-order valence-corrected chi connectivity index (χ2v) is 8.47. The van der Waals surface area contributed by atoms with Gasteiger partial charge in [-0.05, 0) is 49.1 Å².